The number of nitrogens with zero attached hydrogens (tertiary/aromatic N) is 3. The van der Waals surface area contributed by atoms with E-state index in [-0.39, 0.29) is 36.4 Å². The molecule has 2 heterocycles. The number of carbonyl (C=O) groups is 2. The summed E-state index contributed by atoms with van der Waals surface area (Å²) >= 11 is 0. The molecule has 2 aromatic rings. The molecule has 3 amide bonds. The monoisotopic (exact) mass is 510 g/mol. The third-order valence-corrected chi connectivity index (χ3v) is 6.14. The highest BCUT2D eigenvalue weighted by Gasteiger charge is 2.34. The number of urea groups is 1. The molecule has 0 fully saturated rings. The van der Waals surface area contributed by atoms with Gasteiger partial charge in [-0.2, -0.15) is 0 Å². The summed E-state index contributed by atoms with van der Waals surface area (Å²) < 4.78 is 19.7. The molecule has 0 unspecified atom stereocenters. The zero-order chi connectivity index (χ0) is 27.1. The van der Waals surface area contributed by atoms with Gasteiger partial charge in [0, 0.05) is 43.4 Å². The van der Waals surface area contributed by atoms with Crippen molar-refractivity contribution in [2.45, 2.75) is 46.3 Å². The number of likely N-dealkylation sites (N-methyl/N-ethyl adjacent to an activating group) is 1. The van der Waals surface area contributed by atoms with E-state index in [1.54, 1.807) is 37.2 Å². The van der Waals surface area contributed by atoms with Crippen molar-refractivity contribution >= 4 is 17.6 Å². The molecule has 0 saturated heterocycles. The Kier molecular flexibility index (Phi) is 9.48. The molecule has 2 N–H and O–H groups in total. The van der Waals surface area contributed by atoms with Gasteiger partial charge in [0.1, 0.15) is 17.5 Å². The number of hydrogen-bond donors (Lipinski definition) is 2. The minimum absolute atomic E-state index is 0.157. The van der Waals surface area contributed by atoms with E-state index >= 15 is 0 Å². The summed E-state index contributed by atoms with van der Waals surface area (Å²) in [6, 6.07) is 6.48. The summed E-state index contributed by atoms with van der Waals surface area (Å²) in [5.41, 5.74) is 1.21. The number of carbonyl (C=O) groups excluding carboxylic acids is 2. The second kappa shape index (κ2) is 12.5. The molecule has 0 aliphatic carbocycles. The molecule has 0 saturated carbocycles. The molecule has 1 aromatic carbocycles. The van der Waals surface area contributed by atoms with Gasteiger partial charge in [-0.05, 0) is 37.1 Å². The van der Waals surface area contributed by atoms with Crippen LogP contribution in [-0.4, -0.2) is 70.7 Å². The molecule has 1 aliphatic rings. The van der Waals surface area contributed by atoms with Crippen LogP contribution in [0.3, 0.4) is 0 Å². The van der Waals surface area contributed by atoms with Crippen molar-refractivity contribution in [3.63, 3.8) is 0 Å². The SMILES string of the molecule is CC(C)CC#Cc1cnc2c(c1)C(=O)N([C@@H](C)CO)C[C@H](C)[C@@H](CN(C)C(=O)Nc1cccc(F)c1)O2. The summed E-state index contributed by atoms with van der Waals surface area (Å²) in [5, 5.41) is 12.5. The van der Waals surface area contributed by atoms with Crippen molar-refractivity contribution in [3.8, 4) is 17.7 Å². The van der Waals surface area contributed by atoms with Crippen molar-refractivity contribution in [2.75, 3.05) is 32.1 Å². The fourth-order valence-corrected chi connectivity index (χ4v) is 3.88. The van der Waals surface area contributed by atoms with Crippen LogP contribution in [0.4, 0.5) is 14.9 Å². The zero-order valence-electron chi connectivity index (χ0n) is 22.0. The van der Waals surface area contributed by atoms with E-state index in [0.717, 1.165) is 6.42 Å². The van der Waals surface area contributed by atoms with E-state index in [9.17, 15) is 19.1 Å². The van der Waals surface area contributed by atoms with Gasteiger partial charge in [0.05, 0.1) is 19.2 Å². The van der Waals surface area contributed by atoms with Crippen LogP contribution in [0.5, 0.6) is 5.88 Å². The summed E-state index contributed by atoms with van der Waals surface area (Å²) in [4.78, 5) is 33.7. The van der Waals surface area contributed by atoms with Crippen LogP contribution in [-0.2, 0) is 0 Å². The van der Waals surface area contributed by atoms with Crippen LogP contribution in [0.15, 0.2) is 36.5 Å². The summed E-state index contributed by atoms with van der Waals surface area (Å²) in [6.45, 7) is 8.16. The van der Waals surface area contributed by atoms with Gasteiger partial charge in [0.15, 0.2) is 0 Å². The van der Waals surface area contributed by atoms with Gasteiger partial charge >= 0.3 is 6.03 Å². The van der Waals surface area contributed by atoms with Gasteiger partial charge in [0.2, 0.25) is 5.88 Å². The zero-order valence-corrected chi connectivity index (χ0v) is 22.0. The van der Waals surface area contributed by atoms with Gasteiger partial charge < -0.3 is 25.0 Å². The first-order chi connectivity index (χ1) is 17.6. The second-order valence-electron chi connectivity index (χ2n) is 9.92. The fourth-order valence-electron chi connectivity index (χ4n) is 3.88. The standard InChI is InChI=1S/C28H35FN4O4/c1-18(2)8-6-9-21-12-24-26(30-14-21)37-25(19(3)15-33(27(24)35)20(4)17-34)16-32(5)28(36)31-23-11-7-10-22(29)13-23/h7,10-14,18-20,25,34H,8,15-17H2,1-5H3,(H,31,36)/t19-,20-,25+/m0/s1. The van der Waals surface area contributed by atoms with Crippen LogP contribution >= 0.6 is 0 Å². The van der Waals surface area contributed by atoms with Gasteiger partial charge in [-0.25, -0.2) is 14.2 Å². The summed E-state index contributed by atoms with van der Waals surface area (Å²) in [5.74, 6) is 5.81. The molecule has 1 aromatic heterocycles. The number of pyridine rings is 1. The minimum atomic E-state index is -0.506. The topological polar surface area (TPSA) is 95.0 Å². The molecule has 8 nitrogen and oxygen atoms in total. The number of hydrogen-bond acceptors (Lipinski definition) is 5. The lowest BCUT2D eigenvalue weighted by Crippen LogP contribution is -2.50. The molecule has 3 atom stereocenters. The smallest absolute Gasteiger partial charge is 0.321 e. The van der Waals surface area contributed by atoms with E-state index in [1.807, 2.05) is 6.92 Å². The number of amides is 3. The Balaban J connectivity index is 1.87. The minimum Gasteiger partial charge on any atom is -0.472 e. The number of aromatic nitrogens is 1. The Hall–Kier alpha value is -3.64. The van der Waals surface area contributed by atoms with Crippen molar-refractivity contribution in [1.82, 2.24) is 14.8 Å². The number of halogens is 1. The Labute approximate surface area is 217 Å². The first-order valence-corrected chi connectivity index (χ1v) is 12.4. The Bertz CT molecular complexity index is 1180. The normalized spacial score (nSPS) is 18.1. The van der Waals surface area contributed by atoms with Crippen LogP contribution in [0, 0.1) is 29.5 Å². The Morgan fingerprint density at radius 1 is 1.35 bits per heavy atom. The lowest BCUT2D eigenvalue weighted by Gasteiger charge is -2.37. The first-order valence-electron chi connectivity index (χ1n) is 12.4. The molecule has 3 rings (SSSR count). The van der Waals surface area contributed by atoms with Crippen molar-refractivity contribution in [3.05, 3.63) is 53.5 Å². The van der Waals surface area contributed by atoms with Gasteiger partial charge in [-0.1, -0.05) is 38.7 Å². The number of benzene rings is 1. The van der Waals surface area contributed by atoms with Crippen LogP contribution < -0.4 is 10.1 Å². The predicted octanol–water partition coefficient (Wildman–Crippen LogP) is 4.00. The van der Waals surface area contributed by atoms with Gasteiger partial charge in [-0.3, -0.25) is 4.79 Å². The highest BCUT2D eigenvalue weighted by Crippen LogP contribution is 2.27. The molecule has 0 spiro atoms. The highest BCUT2D eigenvalue weighted by atomic mass is 19.1. The lowest BCUT2D eigenvalue weighted by molar-refractivity contribution is 0.0356. The third kappa shape index (κ3) is 7.43. The molecular formula is C28H35FN4O4. The van der Waals surface area contributed by atoms with Crippen molar-refractivity contribution in [1.29, 1.82) is 0 Å². The number of fused-ring (bicyclic) bond motifs is 1. The average Bonchev–Trinajstić information content (AvgIpc) is 2.85. The van der Waals surface area contributed by atoms with Crippen LogP contribution in [0.25, 0.3) is 0 Å². The number of aliphatic hydroxyl groups is 1. The molecule has 0 bridgehead atoms. The maximum atomic E-state index is 13.5. The second-order valence-corrected chi connectivity index (χ2v) is 9.92. The van der Waals surface area contributed by atoms with Gasteiger partial charge in [0.25, 0.3) is 5.91 Å². The Morgan fingerprint density at radius 3 is 2.78 bits per heavy atom. The quantitative estimate of drug-likeness (QED) is 0.573. The maximum absolute atomic E-state index is 13.5. The first kappa shape index (κ1) is 27.9. The molecule has 9 heteroatoms. The summed E-state index contributed by atoms with van der Waals surface area (Å²) in [7, 11) is 1.62. The van der Waals surface area contributed by atoms with Crippen LogP contribution in [0.1, 0.15) is 50.0 Å². The number of aliphatic hydroxyl groups excluding tert-OH is 1. The van der Waals surface area contributed by atoms with Gasteiger partial charge in [-0.15, -0.1) is 0 Å². The maximum Gasteiger partial charge on any atom is 0.321 e. The number of anilines is 1. The molecule has 37 heavy (non-hydrogen) atoms. The van der Waals surface area contributed by atoms with Crippen LogP contribution in [0.2, 0.25) is 0 Å². The van der Waals surface area contributed by atoms with E-state index in [2.05, 4.69) is 36.0 Å². The number of nitrogens with one attached hydrogen (secondary N) is 1. The molecule has 0 radical (unpaired) electrons. The number of ether oxygens (including phenoxy) is 1. The summed E-state index contributed by atoms with van der Waals surface area (Å²) in [6.07, 6.45) is 1.79. The lowest BCUT2D eigenvalue weighted by atomic mass is 10.00. The van der Waals surface area contributed by atoms with E-state index in [1.165, 1.54) is 23.1 Å². The highest BCUT2D eigenvalue weighted by molar-refractivity contribution is 5.97. The van der Waals surface area contributed by atoms with E-state index in [0.29, 0.717) is 23.7 Å². The molecule has 1 aliphatic heterocycles. The van der Waals surface area contributed by atoms with E-state index in [4.69, 9.17) is 4.74 Å². The number of rotatable bonds is 6. The largest absolute Gasteiger partial charge is 0.472 e. The Morgan fingerprint density at radius 2 is 2.11 bits per heavy atom. The third-order valence-electron chi connectivity index (χ3n) is 6.14. The molecule has 198 valence electrons. The van der Waals surface area contributed by atoms with Crippen molar-refractivity contribution in [2.24, 2.45) is 11.8 Å². The van der Waals surface area contributed by atoms with E-state index < -0.39 is 24.0 Å². The molecular weight excluding hydrogens is 475 g/mol. The average molecular weight is 511 g/mol. The predicted molar refractivity (Wildman–Crippen MR) is 140 cm³/mol. The van der Waals surface area contributed by atoms with Crippen molar-refractivity contribution < 1.29 is 23.8 Å². The fraction of sp³-hybridized carbons (Fsp3) is 0.464.